The van der Waals surface area contributed by atoms with Gasteiger partial charge in [-0.1, -0.05) is 12.1 Å². The van der Waals surface area contributed by atoms with Crippen molar-refractivity contribution < 1.29 is 5.11 Å². The van der Waals surface area contributed by atoms with Gasteiger partial charge in [-0.05, 0) is 37.0 Å². The molecule has 0 bridgehead atoms. The molecule has 1 aromatic carbocycles. The molecule has 1 aliphatic carbocycles. The predicted octanol–water partition coefficient (Wildman–Crippen LogP) is 2.26. The Morgan fingerprint density at radius 3 is 2.62 bits per heavy atom. The van der Waals surface area contributed by atoms with Crippen molar-refractivity contribution >= 4 is 0 Å². The van der Waals surface area contributed by atoms with E-state index in [2.05, 4.69) is 6.07 Å². The molecule has 1 aromatic rings. The van der Waals surface area contributed by atoms with E-state index in [4.69, 9.17) is 5.26 Å². The minimum atomic E-state index is -0.238. The molecule has 13 heavy (non-hydrogen) atoms. The summed E-state index contributed by atoms with van der Waals surface area (Å²) in [5.41, 5.74) is 1.66. The SMILES string of the molecule is Cc1cc(C2(C#N)CC2)ccc1O. The summed E-state index contributed by atoms with van der Waals surface area (Å²) in [4.78, 5) is 0. The van der Waals surface area contributed by atoms with Gasteiger partial charge in [-0.2, -0.15) is 5.26 Å². The molecule has 0 radical (unpaired) electrons. The Morgan fingerprint density at radius 1 is 1.46 bits per heavy atom. The van der Waals surface area contributed by atoms with E-state index in [1.54, 1.807) is 6.07 Å². The molecule has 0 saturated heterocycles. The number of phenolic OH excluding ortho intramolecular Hbond substituents is 1. The van der Waals surface area contributed by atoms with Crippen LogP contribution in [0.5, 0.6) is 5.75 Å². The van der Waals surface area contributed by atoms with E-state index in [1.807, 2.05) is 19.1 Å². The van der Waals surface area contributed by atoms with Crippen molar-refractivity contribution in [2.75, 3.05) is 0 Å². The first kappa shape index (κ1) is 8.12. The third-order valence-corrected chi connectivity index (χ3v) is 2.71. The van der Waals surface area contributed by atoms with Gasteiger partial charge in [-0.3, -0.25) is 0 Å². The maximum atomic E-state index is 9.32. The van der Waals surface area contributed by atoms with Crippen LogP contribution in [-0.2, 0) is 5.41 Å². The highest BCUT2D eigenvalue weighted by molar-refractivity contribution is 5.44. The van der Waals surface area contributed by atoms with E-state index in [0.717, 1.165) is 24.0 Å². The first-order chi connectivity index (χ1) is 6.18. The van der Waals surface area contributed by atoms with Crippen LogP contribution in [0.25, 0.3) is 0 Å². The van der Waals surface area contributed by atoms with E-state index in [1.165, 1.54) is 0 Å². The molecule has 1 saturated carbocycles. The zero-order chi connectivity index (χ0) is 9.47. The van der Waals surface area contributed by atoms with Crippen molar-refractivity contribution in [3.63, 3.8) is 0 Å². The molecule has 0 spiro atoms. The van der Waals surface area contributed by atoms with Gasteiger partial charge in [0.15, 0.2) is 0 Å². The molecular weight excluding hydrogens is 162 g/mol. The standard InChI is InChI=1S/C11H11NO/c1-8-6-9(2-3-10(8)13)11(7-12)4-5-11/h2-3,6,13H,4-5H2,1H3. The number of nitriles is 1. The molecule has 2 nitrogen and oxygen atoms in total. The predicted molar refractivity (Wildman–Crippen MR) is 49.4 cm³/mol. The van der Waals surface area contributed by atoms with Crippen molar-refractivity contribution in [2.24, 2.45) is 0 Å². The summed E-state index contributed by atoms with van der Waals surface area (Å²) in [6.07, 6.45) is 1.90. The topological polar surface area (TPSA) is 44.0 Å². The fourth-order valence-corrected chi connectivity index (χ4v) is 1.54. The monoisotopic (exact) mass is 173 g/mol. The van der Waals surface area contributed by atoms with Gasteiger partial charge < -0.3 is 5.11 Å². The fraction of sp³-hybridized carbons (Fsp3) is 0.364. The second kappa shape index (κ2) is 2.50. The lowest BCUT2D eigenvalue weighted by Gasteiger charge is -2.07. The van der Waals surface area contributed by atoms with Gasteiger partial charge in [-0.15, -0.1) is 0 Å². The van der Waals surface area contributed by atoms with E-state index in [-0.39, 0.29) is 5.41 Å². The number of aryl methyl sites for hydroxylation is 1. The summed E-state index contributed by atoms with van der Waals surface area (Å²) < 4.78 is 0. The van der Waals surface area contributed by atoms with E-state index in [0.29, 0.717) is 5.75 Å². The summed E-state index contributed by atoms with van der Waals surface area (Å²) in [7, 11) is 0. The minimum Gasteiger partial charge on any atom is -0.508 e. The lowest BCUT2D eigenvalue weighted by molar-refractivity contribution is 0.470. The van der Waals surface area contributed by atoms with Crippen LogP contribution in [0.3, 0.4) is 0 Å². The van der Waals surface area contributed by atoms with Crippen LogP contribution in [0, 0.1) is 18.3 Å². The normalized spacial score (nSPS) is 17.8. The largest absolute Gasteiger partial charge is 0.508 e. The Kier molecular flexibility index (Phi) is 1.56. The maximum absolute atomic E-state index is 9.32. The Bertz CT molecular complexity index is 386. The minimum absolute atomic E-state index is 0.238. The van der Waals surface area contributed by atoms with Crippen LogP contribution < -0.4 is 0 Å². The molecule has 2 heteroatoms. The zero-order valence-electron chi connectivity index (χ0n) is 7.54. The van der Waals surface area contributed by atoms with Crippen molar-refractivity contribution in [2.45, 2.75) is 25.2 Å². The van der Waals surface area contributed by atoms with Crippen LogP contribution in [0.1, 0.15) is 24.0 Å². The Hall–Kier alpha value is -1.49. The van der Waals surface area contributed by atoms with Crippen LogP contribution in [0.2, 0.25) is 0 Å². The van der Waals surface area contributed by atoms with E-state index >= 15 is 0 Å². The molecule has 0 unspecified atom stereocenters. The highest BCUT2D eigenvalue weighted by Crippen LogP contribution is 2.48. The lowest BCUT2D eigenvalue weighted by atomic mass is 9.96. The van der Waals surface area contributed by atoms with Crippen LogP contribution in [0.15, 0.2) is 18.2 Å². The summed E-state index contributed by atoms with van der Waals surface area (Å²) in [6.45, 7) is 1.85. The molecule has 2 rings (SSSR count). The molecule has 1 fully saturated rings. The highest BCUT2D eigenvalue weighted by atomic mass is 16.3. The average Bonchev–Trinajstić information content (AvgIpc) is 2.90. The molecule has 0 aliphatic heterocycles. The number of hydrogen-bond acceptors (Lipinski definition) is 2. The number of benzene rings is 1. The second-order valence-electron chi connectivity index (χ2n) is 3.70. The molecule has 0 atom stereocenters. The van der Waals surface area contributed by atoms with Gasteiger partial charge in [-0.25, -0.2) is 0 Å². The number of hydrogen-bond donors (Lipinski definition) is 1. The van der Waals surface area contributed by atoms with Gasteiger partial charge in [0.2, 0.25) is 0 Å². The van der Waals surface area contributed by atoms with Crippen LogP contribution in [0.4, 0.5) is 0 Å². The highest BCUT2D eigenvalue weighted by Gasteiger charge is 2.44. The van der Waals surface area contributed by atoms with Gasteiger partial charge >= 0.3 is 0 Å². The number of nitrogens with zero attached hydrogens (tertiary/aromatic N) is 1. The number of rotatable bonds is 1. The summed E-state index contributed by atoms with van der Waals surface area (Å²) in [5.74, 6) is 0.303. The summed E-state index contributed by atoms with van der Waals surface area (Å²) in [5, 5.41) is 18.3. The number of aromatic hydroxyl groups is 1. The smallest absolute Gasteiger partial charge is 0.118 e. The van der Waals surface area contributed by atoms with Crippen LogP contribution in [-0.4, -0.2) is 5.11 Å². The van der Waals surface area contributed by atoms with Crippen molar-refractivity contribution in [1.82, 2.24) is 0 Å². The van der Waals surface area contributed by atoms with Gasteiger partial charge in [0.25, 0.3) is 0 Å². The molecule has 1 N–H and O–H groups in total. The number of phenols is 1. The Morgan fingerprint density at radius 2 is 2.15 bits per heavy atom. The molecule has 66 valence electrons. The van der Waals surface area contributed by atoms with E-state index in [9.17, 15) is 5.11 Å². The maximum Gasteiger partial charge on any atom is 0.118 e. The third kappa shape index (κ3) is 1.17. The van der Waals surface area contributed by atoms with Crippen molar-refractivity contribution in [1.29, 1.82) is 5.26 Å². The summed E-state index contributed by atoms with van der Waals surface area (Å²) >= 11 is 0. The Labute approximate surface area is 77.4 Å². The average molecular weight is 173 g/mol. The van der Waals surface area contributed by atoms with Crippen molar-refractivity contribution in [3.05, 3.63) is 29.3 Å². The third-order valence-electron chi connectivity index (χ3n) is 2.71. The Balaban J connectivity index is 2.44. The molecular formula is C11H11NO. The van der Waals surface area contributed by atoms with Crippen LogP contribution >= 0.6 is 0 Å². The lowest BCUT2D eigenvalue weighted by Crippen LogP contribution is -2.02. The quantitative estimate of drug-likeness (QED) is 0.707. The van der Waals surface area contributed by atoms with Crippen molar-refractivity contribution in [3.8, 4) is 11.8 Å². The van der Waals surface area contributed by atoms with E-state index < -0.39 is 0 Å². The summed E-state index contributed by atoms with van der Waals surface area (Å²) in [6, 6.07) is 7.76. The first-order valence-electron chi connectivity index (χ1n) is 4.39. The zero-order valence-corrected chi connectivity index (χ0v) is 7.54. The molecule has 0 heterocycles. The molecule has 0 amide bonds. The molecule has 0 aromatic heterocycles. The second-order valence-corrected chi connectivity index (χ2v) is 3.70. The van der Waals surface area contributed by atoms with Gasteiger partial charge in [0, 0.05) is 0 Å². The van der Waals surface area contributed by atoms with Gasteiger partial charge in [0.05, 0.1) is 11.5 Å². The first-order valence-corrected chi connectivity index (χ1v) is 4.39. The molecule has 1 aliphatic rings. The fourth-order valence-electron chi connectivity index (χ4n) is 1.54. The van der Waals surface area contributed by atoms with Gasteiger partial charge in [0.1, 0.15) is 5.75 Å².